The van der Waals surface area contributed by atoms with Crippen molar-refractivity contribution in [1.29, 1.82) is 0 Å². The Kier molecular flexibility index (Phi) is 13.7. The molecule has 0 rings (SSSR count). The van der Waals surface area contributed by atoms with Gasteiger partial charge in [-0.3, -0.25) is 4.79 Å². The maximum Gasteiger partial charge on any atom is 0.194 e. The summed E-state index contributed by atoms with van der Waals surface area (Å²) in [6.07, 6.45) is 0. The highest BCUT2D eigenvalue weighted by atomic mass is 32.2. The quantitative estimate of drug-likeness (QED) is 0.203. The molecule has 0 N–H and O–H groups in total. The molecule has 0 aliphatic carbocycles. The largest absolute Gasteiger partial charge is 0.330 e. The molecule has 0 aromatic carbocycles. The van der Waals surface area contributed by atoms with Crippen LogP contribution in [-0.4, -0.2) is 61.5 Å². The molecule has 0 aliphatic rings. The summed E-state index contributed by atoms with van der Waals surface area (Å²) in [5, 5.41) is 0.268. The van der Waals surface area contributed by atoms with E-state index in [0.29, 0.717) is 24.2 Å². The van der Waals surface area contributed by atoms with Crippen LogP contribution in [-0.2, 0) is 9.32 Å². The molecule has 0 heterocycles. The van der Waals surface area contributed by atoms with Gasteiger partial charge < -0.3 is 4.52 Å². The highest BCUT2D eigenvalue weighted by Gasteiger charge is 2.34. The van der Waals surface area contributed by atoms with E-state index in [2.05, 4.69) is 78.6 Å². The summed E-state index contributed by atoms with van der Waals surface area (Å²) in [4.78, 5) is 12.3. The number of rotatable bonds is 13. The third-order valence-electron chi connectivity index (χ3n) is 4.46. The van der Waals surface area contributed by atoms with E-state index in [1.807, 2.05) is 32.5 Å². The van der Waals surface area contributed by atoms with Crippen molar-refractivity contribution in [3.63, 3.8) is 0 Å². The number of thioether (sulfide) groups is 2. The summed E-state index contributed by atoms with van der Waals surface area (Å²) >= 11 is 3.37. The first-order valence-electron chi connectivity index (χ1n) is 11.3. The molecule has 0 saturated carbocycles. The average Bonchev–Trinajstić information content (AvgIpc) is 2.54. The lowest BCUT2D eigenvalue weighted by Gasteiger charge is -2.45. The Morgan fingerprint density at radius 2 is 1.23 bits per heavy atom. The van der Waals surface area contributed by atoms with E-state index in [1.54, 1.807) is 0 Å². The monoisotopic (exact) mass is 480 g/mol. The molecule has 0 unspecified atom stereocenters. The van der Waals surface area contributed by atoms with Crippen LogP contribution < -0.4 is 0 Å². The number of hydrogen-bond acceptors (Lipinski definition) is 6. The Bertz CT molecular complexity index is 470. The summed E-state index contributed by atoms with van der Waals surface area (Å²) in [5.41, 5.74) is -0.279. The minimum Gasteiger partial charge on any atom is -0.330 e. The second kappa shape index (κ2) is 13.4. The Morgan fingerprint density at radius 1 is 0.833 bits per heavy atom. The lowest BCUT2D eigenvalue weighted by Crippen LogP contribution is -2.43. The number of carbonyl (C=O) groups is 1. The Hall–Kier alpha value is 0.680. The van der Waals surface area contributed by atoms with E-state index < -0.39 is 8.45 Å². The summed E-state index contributed by atoms with van der Waals surface area (Å²) in [6.45, 7) is 29.3. The van der Waals surface area contributed by atoms with Crippen LogP contribution in [0.25, 0.3) is 0 Å². The maximum absolute atomic E-state index is 12.3. The van der Waals surface area contributed by atoms with E-state index in [0.717, 1.165) is 18.1 Å². The van der Waals surface area contributed by atoms with Gasteiger partial charge in [0.1, 0.15) is 0 Å². The van der Waals surface area contributed by atoms with E-state index in [4.69, 9.17) is 4.52 Å². The lowest BCUT2D eigenvalue weighted by atomic mass is 10.00. The summed E-state index contributed by atoms with van der Waals surface area (Å²) < 4.78 is 11.7. The van der Waals surface area contributed by atoms with Gasteiger partial charge in [0, 0.05) is 45.8 Å². The molecule has 7 heteroatoms. The van der Waals surface area contributed by atoms with Gasteiger partial charge in [-0.2, -0.15) is 11.8 Å². The van der Waals surface area contributed by atoms with Crippen molar-refractivity contribution < 1.29 is 9.32 Å². The van der Waals surface area contributed by atoms with Crippen LogP contribution in [0, 0.1) is 5.41 Å². The summed E-state index contributed by atoms with van der Waals surface area (Å²) in [5.74, 6) is 1.76. The zero-order valence-corrected chi connectivity index (χ0v) is 24.4. The number of nitrogens with zero attached hydrogens (tertiary/aromatic N) is 2. The Balaban J connectivity index is 5.02. The van der Waals surface area contributed by atoms with Gasteiger partial charge in [-0.15, -0.1) is 0 Å². The van der Waals surface area contributed by atoms with Gasteiger partial charge in [-0.05, 0) is 69.2 Å². The minimum absolute atomic E-state index is 0.0449. The van der Waals surface area contributed by atoms with Gasteiger partial charge in [0.25, 0.3) is 0 Å². The first-order chi connectivity index (χ1) is 13.5. The summed E-state index contributed by atoms with van der Waals surface area (Å²) in [6, 6.07) is 1.72. The molecule has 30 heavy (non-hydrogen) atoms. The predicted octanol–water partition coefficient (Wildman–Crippen LogP) is 7.29. The van der Waals surface area contributed by atoms with Gasteiger partial charge in [0.05, 0.1) is 6.61 Å². The smallest absolute Gasteiger partial charge is 0.194 e. The first-order valence-corrected chi connectivity index (χ1v) is 14.5. The molecule has 180 valence electrons. The molecule has 4 nitrogen and oxygen atoms in total. The van der Waals surface area contributed by atoms with Crippen LogP contribution >= 0.6 is 32.0 Å². The van der Waals surface area contributed by atoms with Crippen molar-refractivity contribution in [2.24, 2.45) is 5.41 Å². The lowest BCUT2D eigenvalue weighted by molar-refractivity contribution is -0.117. The summed E-state index contributed by atoms with van der Waals surface area (Å²) in [7, 11) is -0.832. The molecule has 0 bridgehead atoms. The van der Waals surface area contributed by atoms with E-state index >= 15 is 0 Å². The van der Waals surface area contributed by atoms with Crippen molar-refractivity contribution in [2.45, 2.75) is 119 Å². The van der Waals surface area contributed by atoms with Crippen molar-refractivity contribution >= 4 is 37.1 Å². The van der Waals surface area contributed by atoms with Crippen LogP contribution in [0.1, 0.15) is 90.0 Å². The zero-order valence-electron chi connectivity index (χ0n) is 21.9. The van der Waals surface area contributed by atoms with E-state index in [1.165, 1.54) is 11.8 Å². The van der Waals surface area contributed by atoms with Gasteiger partial charge >= 0.3 is 0 Å². The van der Waals surface area contributed by atoms with E-state index in [9.17, 15) is 4.79 Å². The SMILES string of the molecule is CC(C)N(C(C)C)P(OCCSC(C)(C)CSC(=O)C(C)(C)C)N(C(C)C)C(C)C. The molecule has 0 radical (unpaired) electrons. The maximum atomic E-state index is 12.3. The molecular formula is C23H49N2O2PS2. The van der Waals surface area contributed by atoms with Gasteiger partial charge in [-0.25, -0.2) is 9.34 Å². The highest BCUT2D eigenvalue weighted by molar-refractivity contribution is 8.14. The Morgan fingerprint density at radius 3 is 1.57 bits per heavy atom. The molecule has 0 amide bonds. The predicted molar refractivity (Wildman–Crippen MR) is 141 cm³/mol. The molecule has 0 fully saturated rings. The molecule has 0 aromatic heterocycles. The van der Waals surface area contributed by atoms with E-state index in [-0.39, 0.29) is 15.3 Å². The number of carbonyl (C=O) groups excluding carboxylic acids is 1. The molecule has 0 saturated heterocycles. The third-order valence-corrected chi connectivity index (χ3v) is 10.7. The fourth-order valence-electron chi connectivity index (χ4n) is 3.17. The normalized spacial score (nSPS) is 13.9. The Labute approximate surface area is 198 Å². The fraction of sp³-hybridized carbons (Fsp3) is 0.957. The molecular weight excluding hydrogens is 431 g/mol. The minimum atomic E-state index is -0.832. The van der Waals surface area contributed by atoms with Crippen LogP contribution in [0.4, 0.5) is 0 Å². The molecule has 0 spiro atoms. The second-order valence-corrected chi connectivity index (χ2v) is 15.1. The van der Waals surface area contributed by atoms with Crippen molar-refractivity contribution in [2.75, 3.05) is 18.1 Å². The fourth-order valence-corrected chi connectivity index (χ4v) is 7.77. The average molecular weight is 481 g/mol. The first kappa shape index (κ1) is 30.7. The number of hydrogen-bond donors (Lipinski definition) is 0. The van der Waals surface area contributed by atoms with Gasteiger partial charge in [0.2, 0.25) is 0 Å². The van der Waals surface area contributed by atoms with Crippen LogP contribution in [0.3, 0.4) is 0 Å². The van der Waals surface area contributed by atoms with Crippen LogP contribution in [0.15, 0.2) is 0 Å². The van der Waals surface area contributed by atoms with Crippen molar-refractivity contribution in [3.05, 3.63) is 0 Å². The van der Waals surface area contributed by atoms with Gasteiger partial charge in [0.15, 0.2) is 13.6 Å². The standard InChI is InChI=1S/C23H49N2O2PS2/c1-17(2)24(18(3)4)28(25(19(5)6)20(7)8)27-14-15-30-23(12,13)16-29-21(26)22(9,10)11/h17-20H,14-16H2,1-13H3. The topological polar surface area (TPSA) is 32.8 Å². The van der Waals surface area contributed by atoms with Crippen molar-refractivity contribution in [3.8, 4) is 0 Å². The second-order valence-electron chi connectivity index (χ2n) is 10.7. The van der Waals surface area contributed by atoms with Gasteiger partial charge in [-0.1, -0.05) is 32.5 Å². The molecule has 0 aliphatic heterocycles. The molecule has 0 atom stereocenters. The van der Waals surface area contributed by atoms with Crippen LogP contribution in [0.2, 0.25) is 0 Å². The zero-order chi connectivity index (χ0) is 23.9. The van der Waals surface area contributed by atoms with Crippen molar-refractivity contribution in [1.82, 2.24) is 9.34 Å². The molecule has 0 aromatic rings. The third kappa shape index (κ3) is 11.0. The van der Waals surface area contributed by atoms with Crippen LogP contribution in [0.5, 0.6) is 0 Å². The highest BCUT2D eigenvalue weighted by Crippen LogP contribution is 2.50.